The Hall–Kier alpha value is -2.07. The molecule has 0 aliphatic carbocycles. The lowest BCUT2D eigenvalue weighted by Gasteiger charge is -2.11. The van der Waals surface area contributed by atoms with Crippen LogP contribution in [0, 0.1) is 0 Å². The van der Waals surface area contributed by atoms with Crippen molar-refractivity contribution in [3.8, 4) is 5.75 Å². The minimum absolute atomic E-state index is 0.196. The molecular formula is C19H24O4. The summed E-state index contributed by atoms with van der Waals surface area (Å²) in [5.41, 5.74) is 1.23. The maximum atomic E-state index is 10.7. The number of carboxylic acids is 1. The fourth-order valence-corrected chi connectivity index (χ4v) is 2.73. The van der Waals surface area contributed by atoms with E-state index in [9.17, 15) is 9.90 Å². The number of benzene rings is 2. The molecule has 0 spiro atoms. The van der Waals surface area contributed by atoms with Crippen molar-refractivity contribution < 1.29 is 19.7 Å². The lowest BCUT2D eigenvalue weighted by molar-refractivity contribution is -0.139. The van der Waals surface area contributed by atoms with Gasteiger partial charge in [0.05, 0.1) is 6.10 Å². The Kier molecular flexibility index (Phi) is 6.41. The number of aliphatic carboxylic acids is 1. The summed E-state index contributed by atoms with van der Waals surface area (Å²) in [6.07, 6.45) is 4.42. The highest BCUT2D eigenvalue weighted by Gasteiger charge is 2.08. The fraction of sp³-hybridized carbons (Fsp3) is 0.421. The molecule has 0 aliphatic rings. The highest BCUT2D eigenvalue weighted by atomic mass is 16.5. The number of fused-ring (bicyclic) bond motifs is 1. The van der Waals surface area contributed by atoms with Gasteiger partial charge in [0.25, 0.3) is 0 Å². The first-order valence-corrected chi connectivity index (χ1v) is 8.15. The number of unbranched alkanes of at least 4 members (excludes halogenated alkanes) is 1. The molecule has 0 saturated carbocycles. The van der Waals surface area contributed by atoms with E-state index >= 15 is 0 Å². The minimum atomic E-state index is -0.979. The maximum Gasteiger partial charge on any atom is 0.341 e. The van der Waals surface area contributed by atoms with E-state index in [0.29, 0.717) is 5.75 Å². The molecule has 1 atom stereocenters. The number of rotatable bonds is 9. The topological polar surface area (TPSA) is 66.8 Å². The van der Waals surface area contributed by atoms with Crippen LogP contribution < -0.4 is 4.74 Å². The maximum absolute atomic E-state index is 10.7. The third-order valence-electron chi connectivity index (χ3n) is 4.03. The van der Waals surface area contributed by atoms with E-state index in [1.165, 1.54) is 5.56 Å². The molecule has 1 unspecified atom stereocenters. The quantitative estimate of drug-likeness (QED) is 0.691. The molecule has 2 aromatic rings. The Balaban J connectivity index is 2.09. The largest absolute Gasteiger partial charge is 0.481 e. The molecule has 0 aliphatic heterocycles. The minimum Gasteiger partial charge on any atom is -0.481 e. The average molecular weight is 316 g/mol. The van der Waals surface area contributed by atoms with Crippen LogP contribution in [0.4, 0.5) is 0 Å². The van der Waals surface area contributed by atoms with Crippen LogP contribution in [0.5, 0.6) is 5.75 Å². The summed E-state index contributed by atoms with van der Waals surface area (Å²) in [6, 6.07) is 11.8. The highest BCUT2D eigenvalue weighted by Crippen LogP contribution is 2.29. The molecule has 0 saturated heterocycles. The summed E-state index contributed by atoms with van der Waals surface area (Å²) in [5, 5.41) is 20.4. The van der Waals surface area contributed by atoms with E-state index in [4.69, 9.17) is 9.84 Å². The number of carboxylic acid groups (broad SMARTS) is 1. The number of carbonyl (C=O) groups is 1. The van der Waals surface area contributed by atoms with Gasteiger partial charge in [-0.2, -0.15) is 0 Å². The van der Waals surface area contributed by atoms with Crippen molar-refractivity contribution in [1.29, 1.82) is 0 Å². The molecule has 0 heterocycles. The van der Waals surface area contributed by atoms with E-state index < -0.39 is 5.97 Å². The van der Waals surface area contributed by atoms with E-state index in [1.807, 2.05) is 31.2 Å². The fourth-order valence-electron chi connectivity index (χ4n) is 2.73. The molecule has 2 aromatic carbocycles. The normalized spacial score (nSPS) is 12.3. The smallest absolute Gasteiger partial charge is 0.341 e. The van der Waals surface area contributed by atoms with Crippen LogP contribution in [-0.4, -0.2) is 28.9 Å². The second-order valence-corrected chi connectivity index (χ2v) is 5.76. The molecule has 0 aromatic heterocycles. The summed E-state index contributed by atoms with van der Waals surface area (Å²) in [5.74, 6) is -0.374. The second kappa shape index (κ2) is 8.53. The molecule has 4 nitrogen and oxygen atoms in total. The Labute approximate surface area is 136 Å². The van der Waals surface area contributed by atoms with Crippen molar-refractivity contribution in [3.63, 3.8) is 0 Å². The van der Waals surface area contributed by atoms with Crippen LogP contribution in [0.3, 0.4) is 0 Å². The predicted molar refractivity (Wildman–Crippen MR) is 90.9 cm³/mol. The van der Waals surface area contributed by atoms with Gasteiger partial charge < -0.3 is 14.9 Å². The monoisotopic (exact) mass is 316 g/mol. The van der Waals surface area contributed by atoms with Crippen molar-refractivity contribution in [3.05, 3.63) is 42.0 Å². The molecular weight excluding hydrogens is 292 g/mol. The molecule has 0 amide bonds. The molecule has 2 rings (SSSR count). The van der Waals surface area contributed by atoms with Gasteiger partial charge in [0, 0.05) is 5.39 Å². The molecule has 124 valence electrons. The third-order valence-corrected chi connectivity index (χ3v) is 4.03. The van der Waals surface area contributed by atoms with Crippen molar-refractivity contribution in [2.75, 3.05) is 6.61 Å². The van der Waals surface area contributed by atoms with E-state index in [0.717, 1.165) is 42.9 Å². The zero-order valence-electron chi connectivity index (χ0n) is 13.5. The molecule has 23 heavy (non-hydrogen) atoms. The number of aliphatic hydroxyl groups is 1. The lowest BCUT2D eigenvalue weighted by atomic mass is 9.98. The predicted octanol–water partition coefficient (Wildman–Crippen LogP) is 3.79. The number of ether oxygens (including phenoxy) is 1. The van der Waals surface area contributed by atoms with Gasteiger partial charge in [-0.15, -0.1) is 0 Å². The number of hydrogen-bond donors (Lipinski definition) is 2. The first-order valence-electron chi connectivity index (χ1n) is 8.15. The van der Waals surface area contributed by atoms with Gasteiger partial charge >= 0.3 is 5.97 Å². The van der Waals surface area contributed by atoms with Gasteiger partial charge in [-0.05, 0) is 42.7 Å². The van der Waals surface area contributed by atoms with Crippen LogP contribution in [-0.2, 0) is 11.2 Å². The summed E-state index contributed by atoms with van der Waals surface area (Å²) in [7, 11) is 0. The summed E-state index contributed by atoms with van der Waals surface area (Å²) in [4.78, 5) is 10.7. The van der Waals surface area contributed by atoms with Crippen LogP contribution in [0.25, 0.3) is 10.8 Å². The van der Waals surface area contributed by atoms with Gasteiger partial charge in [0.15, 0.2) is 6.61 Å². The van der Waals surface area contributed by atoms with Gasteiger partial charge in [-0.1, -0.05) is 43.7 Å². The van der Waals surface area contributed by atoms with Crippen LogP contribution in [0.15, 0.2) is 36.4 Å². The van der Waals surface area contributed by atoms with E-state index in [-0.39, 0.29) is 12.7 Å². The lowest BCUT2D eigenvalue weighted by Crippen LogP contribution is -2.09. The van der Waals surface area contributed by atoms with E-state index in [1.54, 1.807) is 6.07 Å². The number of hydrogen-bond acceptors (Lipinski definition) is 3. The van der Waals surface area contributed by atoms with Crippen molar-refractivity contribution in [2.24, 2.45) is 0 Å². The van der Waals surface area contributed by atoms with Gasteiger partial charge in [-0.3, -0.25) is 0 Å². The highest BCUT2D eigenvalue weighted by molar-refractivity contribution is 5.91. The summed E-state index contributed by atoms with van der Waals surface area (Å²) >= 11 is 0. The zero-order chi connectivity index (χ0) is 16.7. The third kappa shape index (κ3) is 4.96. The van der Waals surface area contributed by atoms with Gasteiger partial charge in [-0.25, -0.2) is 4.79 Å². The Morgan fingerprint density at radius 1 is 1.13 bits per heavy atom. The first-order chi connectivity index (χ1) is 11.1. The second-order valence-electron chi connectivity index (χ2n) is 5.76. The number of aliphatic hydroxyl groups excluding tert-OH is 1. The van der Waals surface area contributed by atoms with Crippen molar-refractivity contribution in [1.82, 2.24) is 0 Å². The standard InChI is InChI=1S/C19H24O4/c1-2-15(20)9-4-3-7-14-8-5-11-17-16(14)10-6-12-18(17)23-13-19(21)22/h5-6,8,10-12,15,20H,2-4,7,9,13H2,1H3,(H,21,22). The first kappa shape index (κ1) is 17.3. The Morgan fingerprint density at radius 2 is 1.87 bits per heavy atom. The van der Waals surface area contributed by atoms with Crippen molar-refractivity contribution >= 4 is 16.7 Å². The van der Waals surface area contributed by atoms with Gasteiger partial charge in [0.2, 0.25) is 0 Å². The van der Waals surface area contributed by atoms with E-state index in [2.05, 4.69) is 6.07 Å². The Bertz CT molecular complexity index is 651. The molecule has 4 heteroatoms. The van der Waals surface area contributed by atoms with Crippen molar-refractivity contribution in [2.45, 2.75) is 45.1 Å². The summed E-state index contributed by atoms with van der Waals surface area (Å²) < 4.78 is 5.37. The number of aryl methyl sites for hydroxylation is 1. The summed E-state index contributed by atoms with van der Waals surface area (Å²) in [6.45, 7) is 1.66. The SMILES string of the molecule is CCC(O)CCCCc1cccc2c(OCC(=O)O)cccc12. The average Bonchev–Trinajstić information content (AvgIpc) is 2.56. The van der Waals surface area contributed by atoms with Crippen LogP contribution >= 0.6 is 0 Å². The van der Waals surface area contributed by atoms with Crippen LogP contribution in [0.2, 0.25) is 0 Å². The van der Waals surface area contributed by atoms with Gasteiger partial charge in [0.1, 0.15) is 5.75 Å². The van der Waals surface area contributed by atoms with Crippen LogP contribution in [0.1, 0.15) is 38.2 Å². The molecule has 0 radical (unpaired) electrons. The Morgan fingerprint density at radius 3 is 2.61 bits per heavy atom. The zero-order valence-corrected chi connectivity index (χ0v) is 13.5. The molecule has 0 bridgehead atoms. The molecule has 0 fully saturated rings. The molecule has 2 N–H and O–H groups in total.